The van der Waals surface area contributed by atoms with Crippen LogP contribution in [-0.2, 0) is 11.2 Å². The minimum absolute atomic E-state index is 0.0718. The van der Waals surface area contributed by atoms with Crippen LogP contribution >= 0.6 is 11.6 Å². The van der Waals surface area contributed by atoms with E-state index in [4.69, 9.17) is 11.6 Å². The monoisotopic (exact) mass is 320 g/mol. The molecule has 0 saturated heterocycles. The van der Waals surface area contributed by atoms with Crippen molar-refractivity contribution in [3.63, 3.8) is 0 Å². The largest absolute Gasteiger partial charge is 0.355 e. The predicted molar refractivity (Wildman–Crippen MR) is 92.2 cm³/mol. The summed E-state index contributed by atoms with van der Waals surface area (Å²) in [6, 6.07) is 7.82. The first kappa shape index (κ1) is 17.0. The second-order valence-corrected chi connectivity index (χ2v) is 6.20. The molecule has 22 heavy (non-hydrogen) atoms. The molecule has 2 N–H and O–H groups in total. The molecule has 1 aliphatic rings. The van der Waals surface area contributed by atoms with Gasteiger partial charge in [0.05, 0.1) is 6.54 Å². The third-order valence-electron chi connectivity index (χ3n) is 3.92. The zero-order valence-electron chi connectivity index (χ0n) is 13.0. The van der Waals surface area contributed by atoms with Gasteiger partial charge in [0, 0.05) is 11.6 Å². The van der Waals surface area contributed by atoms with Crippen LogP contribution in [0.2, 0.25) is 5.02 Å². The molecule has 4 heteroatoms. The van der Waals surface area contributed by atoms with Crippen molar-refractivity contribution in [1.29, 1.82) is 0 Å². The topological polar surface area (TPSA) is 41.1 Å². The standard InChI is InChI=1S/C18H25ClN2O/c19-17-8-4-7-16(13-17)9-11-20-14-18(22)21-12-10-15-5-2-1-3-6-15/h4-5,7-8,13,20H,1-3,6,9-12,14H2,(H,21,22). The number of rotatable bonds is 8. The Labute approximate surface area is 138 Å². The van der Waals surface area contributed by atoms with Gasteiger partial charge < -0.3 is 10.6 Å². The molecule has 1 aromatic rings. The first-order valence-corrected chi connectivity index (χ1v) is 8.51. The Kier molecular flexibility index (Phi) is 7.47. The van der Waals surface area contributed by atoms with Crippen molar-refractivity contribution in [2.75, 3.05) is 19.6 Å². The highest BCUT2D eigenvalue weighted by molar-refractivity contribution is 6.30. The Morgan fingerprint density at radius 3 is 2.86 bits per heavy atom. The number of hydrogen-bond acceptors (Lipinski definition) is 2. The van der Waals surface area contributed by atoms with Crippen molar-refractivity contribution in [3.05, 3.63) is 46.5 Å². The number of amides is 1. The third-order valence-corrected chi connectivity index (χ3v) is 4.15. The quantitative estimate of drug-likeness (QED) is 0.569. The van der Waals surface area contributed by atoms with Crippen molar-refractivity contribution >= 4 is 17.5 Å². The lowest BCUT2D eigenvalue weighted by Crippen LogP contribution is -2.35. The molecule has 3 nitrogen and oxygen atoms in total. The van der Waals surface area contributed by atoms with Crippen LogP contribution in [0, 0.1) is 0 Å². The minimum Gasteiger partial charge on any atom is -0.355 e. The second-order valence-electron chi connectivity index (χ2n) is 5.76. The molecule has 2 rings (SSSR count). The summed E-state index contributed by atoms with van der Waals surface area (Å²) in [5, 5.41) is 6.90. The van der Waals surface area contributed by atoms with Crippen LogP contribution in [0.1, 0.15) is 37.7 Å². The number of carbonyl (C=O) groups is 1. The summed E-state index contributed by atoms with van der Waals surface area (Å²) in [7, 11) is 0. The van der Waals surface area contributed by atoms with Gasteiger partial charge in [-0.15, -0.1) is 0 Å². The zero-order chi connectivity index (χ0) is 15.6. The zero-order valence-corrected chi connectivity index (χ0v) is 13.8. The molecule has 120 valence electrons. The van der Waals surface area contributed by atoms with Gasteiger partial charge in [0.15, 0.2) is 0 Å². The van der Waals surface area contributed by atoms with E-state index in [0.29, 0.717) is 6.54 Å². The highest BCUT2D eigenvalue weighted by Crippen LogP contribution is 2.19. The highest BCUT2D eigenvalue weighted by atomic mass is 35.5. The lowest BCUT2D eigenvalue weighted by molar-refractivity contribution is -0.120. The van der Waals surface area contributed by atoms with E-state index in [-0.39, 0.29) is 5.91 Å². The number of allylic oxidation sites excluding steroid dienone is 1. The molecule has 1 aliphatic carbocycles. The molecule has 0 aromatic heterocycles. The molecule has 1 aromatic carbocycles. The SMILES string of the molecule is O=C(CNCCc1cccc(Cl)c1)NCCC1=CCCCC1. The van der Waals surface area contributed by atoms with Gasteiger partial charge in [0.2, 0.25) is 5.91 Å². The van der Waals surface area contributed by atoms with Crippen LogP contribution in [0.15, 0.2) is 35.9 Å². The lowest BCUT2D eigenvalue weighted by Gasteiger charge is -2.13. The van der Waals surface area contributed by atoms with Crippen molar-refractivity contribution in [2.24, 2.45) is 0 Å². The number of halogens is 1. The molecule has 0 atom stereocenters. The normalized spacial score (nSPS) is 14.5. The van der Waals surface area contributed by atoms with Gasteiger partial charge in [-0.1, -0.05) is 35.4 Å². The maximum absolute atomic E-state index is 11.7. The van der Waals surface area contributed by atoms with Gasteiger partial charge in [-0.25, -0.2) is 0 Å². The number of nitrogens with one attached hydrogen (secondary N) is 2. The molecule has 0 spiro atoms. The van der Waals surface area contributed by atoms with E-state index < -0.39 is 0 Å². The second kappa shape index (κ2) is 9.65. The molecule has 0 saturated carbocycles. The molecular weight excluding hydrogens is 296 g/mol. The van der Waals surface area contributed by atoms with Gasteiger partial charge in [-0.3, -0.25) is 4.79 Å². The lowest BCUT2D eigenvalue weighted by atomic mass is 9.97. The maximum Gasteiger partial charge on any atom is 0.233 e. The van der Waals surface area contributed by atoms with Crippen molar-refractivity contribution in [2.45, 2.75) is 38.5 Å². The molecule has 0 heterocycles. The first-order chi connectivity index (χ1) is 10.7. The highest BCUT2D eigenvalue weighted by Gasteiger charge is 2.05. The van der Waals surface area contributed by atoms with Crippen LogP contribution in [0.3, 0.4) is 0 Å². The van der Waals surface area contributed by atoms with Crippen LogP contribution in [0.25, 0.3) is 0 Å². The van der Waals surface area contributed by atoms with E-state index in [1.165, 1.54) is 36.8 Å². The summed E-state index contributed by atoms with van der Waals surface area (Å²) in [6.45, 7) is 1.90. The van der Waals surface area contributed by atoms with Crippen LogP contribution < -0.4 is 10.6 Å². The van der Waals surface area contributed by atoms with Crippen LogP contribution in [-0.4, -0.2) is 25.5 Å². The van der Waals surface area contributed by atoms with Gasteiger partial charge in [-0.2, -0.15) is 0 Å². The first-order valence-electron chi connectivity index (χ1n) is 8.14. The van der Waals surface area contributed by atoms with Crippen molar-refractivity contribution in [3.8, 4) is 0 Å². The summed E-state index contributed by atoms with van der Waals surface area (Å²) < 4.78 is 0. The van der Waals surface area contributed by atoms with E-state index in [2.05, 4.69) is 16.7 Å². The summed E-state index contributed by atoms with van der Waals surface area (Å²) in [5.41, 5.74) is 2.69. The molecule has 0 radical (unpaired) electrons. The smallest absolute Gasteiger partial charge is 0.233 e. The molecular formula is C18H25ClN2O. The fraction of sp³-hybridized carbons (Fsp3) is 0.500. The van der Waals surface area contributed by atoms with Gasteiger partial charge in [-0.05, 0) is 62.8 Å². The number of benzene rings is 1. The Morgan fingerprint density at radius 1 is 1.18 bits per heavy atom. The fourth-order valence-corrected chi connectivity index (χ4v) is 2.90. The van der Waals surface area contributed by atoms with Crippen molar-refractivity contribution < 1.29 is 4.79 Å². The molecule has 0 unspecified atom stereocenters. The van der Waals surface area contributed by atoms with E-state index in [0.717, 1.165) is 31.0 Å². The van der Waals surface area contributed by atoms with E-state index >= 15 is 0 Å². The van der Waals surface area contributed by atoms with Gasteiger partial charge >= 0.3 is 0 Å². The minimum atomic E-state index is 0.0718. The summed E-state index contributed by atoms with van der Waals surface area (Å²) in [6.07, 6.45) is 9.22. The van der Waals surface area contributed by atoms with Gasteiger partial charge in [0.25, 0.3) is 0 Å². The van der Waals surface area contributed by atoms with Crippen LogP contribution in [0.5, 0.6) is 0 Å². The number of carbonyl (C=O) groups excluding carboxylic acids is 1. The average molecular weight is 321 g/mol. The summed E-state index contributed by atoms with van der Waals surface area (Å²) in [4.78, 5) is 11.7. The Morgan fingerprint density at radius 2 is 2.09 bits per heavy atom. The van der Waals surface area contributed by atoms with Gasteiger partial charge in [0.1, 0.15) is 0 Å². The van der Waals surface area contributed by atoms with E-state index in [1.807, 2.05) is 24.3 Å². The third kappa shape index (κ3) is 6.63. The van der Waals surface area contributed by atoms with Crippen molar-refractivity contribution in [1.82, 2.24) is 10.6 Å². The molecule has 0 aliphatic heterocycles. The van der Waals surface area contributed by atoms with Crippen LogP contribution in [0.4, 0.5) is 0 Å². The number of hydrogen-bond donors (Lipinski definition) is 2. The Balaban J connectivity index is 1.53. The average Bonchev–Trinajstić information content (AvgIpc) is 2.53. The molecule has 0 bridgehead atoms. The predicted octanol–water partition coefficient (Wildman–Crippen LogP) is 3.48. The fourth-order valence-electron chi connectivity index (χ4n) is 2.68. The van der Waals surface area contributed by atoms with E-state index in [9.17, 15) is 4.79 Å². The Bertz CT molecular complexity index is 514. The molecule has 1 amide bonds. The summed E-state index contributed by atoms with van der Waals surface area (Å²) in [5.74, 6) is 0.0718. The maximum atomic E-state index is 11.7. The molecule has 0 fully saturated rings. The Hall–Kier alpha value is -1.32. The van der Waals surface area contributed by atoms with E-state index in [1.54, 1.807) is 0 Å². The summed E-state index contributed by atoms with van der Waals surface area (Å²) >= 11 is 5.94.